The molecule has 8 rings (SSSR count). The van der Waals surface area contributed by atoms with E-state index in [0.29, 0.717) is 55.7 Å². The lowest BCUT2D eigenvalue weighted by Gasteiger charge is -2.35. The van der Waals surface area contributed by atoms with Gasteiger partial charge in [-0.1, -0.05) is 75.1 Å². The zero-order chi connectivity index (χ0) is 58.9. The number of aliphatic hydroxyl groups is 1. The maximum atomic E-state index is 14.2. The van der Waals surface area contributed by atoms with Gasteiger partial charge in [0, 0.05) is 59.7 Å². The smallest absolute Gasteiger partial charge is 0.266 e. The summed E-state index contributed by atoms with van der Waals surface area (Å²) in [5, 5.41) is 28.7. The van der Waals surface area contributed by atoms with Crippen molar-refractivity contribution in [3.05, 3.63) is 133 Å². The van der Waals surface area contributed by atoms with Crippen LogP contribution in [-0.2, 0) is 58.2 Å². The van der Waals surface area contributed by atoms with Crippen LogP contribution in [0.3, 0.4) is 0 Å². The molecule has 0 bridgehead atoms. The lowest BCUT2D eigenvalue weighted by atomic mass is 9.85. The molecule has 0 saturated carbocycles. The molecule has 1 saturated heterocycles. The number of carbonyl (C=O) groups is 4. The second-order valence-electron chi connectivity index (χ2n) is 21.6. The van der Waals surface area contributed by atoms with Gasteiger partial charge in [-0.15, -0.1) is 32.9 Å². The minimum absolute atomic E-state index is 0.0211. The summed E-state index contributed by atoms with van der Waals surface area (Å²) in [7, 11) is -4.25. The van der Waals surface area contributed by atoms with Gasteiger partial charge in [-0.3, -0.25) is 33.3 Å². The van der Waals surface area contributed by atoms with Crippen molar-refractivity contribution in [2.45, 2.75) is 111 Å². The van der Waals surface area contributed by atoms with Gasteiger partial charge < -0.3 is 41.2 Å². The fraction of sp³-hybridized carbons (Fsp3) is 0.424. The van der Waals surface area contributed by atoms with Crippen LogP contribution in [0.15, 0.2) is 77.2 Å². The number of benzene rings is 3. The second-order valence-corrected chi connectivity index (χ2v) is 25.2. The van der Waals surface area contributed by atoms with Crippen LogP contribution in [0.1, 0.15) is 107 Å². The number of amides is 4. The zero-order valence-corrected chi connectivity index (χ0v) is 49.5. The highest BCUT2D eigenvalue weighted by Crippen LogP contribution is 2.40. The van der Waals surface area contributed by atoms with Gasteiger partial charge in [-0.2, -0.15) is 8.42 Å². The van der Waals surface area contributed by atoms with Gasteiger partial charge in [0.2, 0.25) is 23.6 Å². The highest BCUT2D eigenvalue weighted by Gasteiger charge is 2.44. The van der Waals surface area contributed by atoms with Crippen molar-refractivity contribution < 1.29 is 46.7 Å². The predicted molar refractivity (Wildman–Crippen MR) is 315 cm³/mol. The summed E-state index contributed by atoms with van der Waals surface area (Å²) in [6.07, 6.45) is 0.122. The Balaban J connectivity index is 0.777. The number of nitrogens with one attached hydrogen (secondary N) is 3. The molecule has 20 nitrogen and oxygen atoms in total. The molecule has 0 spiro atoms. The molecule has 23 heteroatoms. The lowest BCUT2D eigenvalue weighted by molar-refractivity contribution is -0.144. The Kier molecular flexibility index (Phi) is 19.9. The number of rotatable bonds is 22. The number of aliphatic imine (C=N–C) groups is 1. The number of carbonyl (C=O) groups excluding carboxylic acids is 4. The molecule has 5 heterocycles. The van der Waals surface area contributed by atoms with Gasteiger partial charge in [0.05, 0.1) is 59.9 Å². The molecule has 6 aromatic rings. The predicted octanol–water partition coefficient (Wildman–Crippen LogP) is 5.92. The summed E-state index contributed by atoms with van der Waals surface area (Å²) in [5.74, 6) is 5.13. The fourth-order valence-electron chi connectivity index (χ4n) is 9.83. The molecule has 3 aromatic heterocycles. The molecular formula is C59H70N10O10S3. The van der Waals surface area contributed by atoms with E-state index in [1.807, 2.05) is 125 Å². The number of aryl methyl sites for hydroxylation is 4. The molecular weight excluding hydrogens is 1100 g/mol. The van der Waals surface area contributed by atoms with E-state index in [4.69, 9.17) is 24.8 Å². The molecule has 0 aliphatic carbocycles. The summed E-state index contributed by atoms with van der Waals surface area (Å²) in [4.78, 5) is 67.3. The third kappa shape index (κ3) is 15.7. The molecule has 2 aliphatic heterocycles. The van der Waals surface area contributed by atoms with Gasteiger partial charge >= 0.3 is 0 Å². The Bertz CT molecular complexity index is 3500. The van der Waals surface area contributed by atoms with E-state index in [9.17, 15) is 32.7 Å². The molecule has 3 aromatic carbocycles. The number of fused-ring (bicyclic) bond motifs is 3. The van der Waals surface area contributed by atoms with Gasteiger partial charge in [-0.25, -0.2) is 4.98 Å². The second kappa shape index (κ2) is 26.8. The number of nitrogen functional groups attached to an aromatic ring is 1. The summed E-state index contributed by atoms with van der Waals surface area (Å²) in [5.41, 5.74) is 16.8. The SMILES string of the molecule is Cc1ncsc1-c1ccc(CNC(=O)[C@@H]2C[C@@H](O)CN2C(=O)[C@@H](NC(=O)CCc2cc(N)cc(CCOCCOCC#Cc3ccc(C4=NC(CC(=O)NCCS(=O)(=O)O)c5nnc(C)n5-c5sc(C)c(C)c54)cc3)c2)C(C)(C)C)cc1. The van der Waals surface area contributed by atoms with Gasteiger partial charge in [-0.05, 0) is 98.0 Å². The quantitative estimate of drug-likeness (QED) is 0.0199. The molecule has 2 aliphatic rings. The van der Waals surface area contributed by atoms with E-state index in [1.165, 1.54) is 4.90 Å². The molecule has 0 radical (unpaired) electrons. The number of thiazole rings is 1. The van der Waals surface area contributed by atoms with Crippen LogP contribution < -0.4 is 21.7 Å². The minimum atomic E-state index is -4.25. The summed E-state index contributed by atoms with van der Waals surface area (Å²) < 4.78 is 45.1. The first-order valence-electron chi connectivity index (χ1n) is 27.0. The molecule has 4 atom stereocenters. The van der Waals surface area contributed by atoms with Gasteiger partial charge in [0.25, 0.3) is 10.1 Å². The van der Waals surface area contributed by atoms with Crippen LogP contribution in [0, 0.1) is 45.0 Å². The number of β-amino-alcohol motifs (C(OH)–C–C–N with tert-alkyl or cyclic N) is 1. The minimum Gasteiger partial charge on any atom is -0.399 e. The highest BCUT2D eigenvalue weighted by atomic mass is 32.2. The van der Waals surface area contributed by atoms with Gasteiger partial charge in [0.15, 0.2) is 5.82 Å². The number of aliphatic hydroxyl groups excluding tert-OH is 1. The van der Waals surface area contributed by atoms with Crippen molar-refractivity contribution in [1.29, 1.82) is 0 Å². The Labute approximate surface area is 486 Å². The first-order chi connectivity index (χ1) is 39.0. The first-order valence-corrected chi connectivity index (χ1v) is 30.3. The van der Waals surface area contributed by atoms with E-state index in [-0.39, 0.29) is 57.3 Å². The maximum Gasteiger partial charge on any atom is 0.266 e. The van der Waals surface area contributed by atoms with Crippen molar-refractivity contribution in [3.63, 3.8) is 0 Å². The van der Waals surface area contributed by atoms with Crippen molar-refractivity contribution in [1.82, 2.24) is 40.6 Å². The summed E-state index contributed by atoms with van der Waals surface area (Å²) in [6.45, 7) is 14.7. The number of hydrogen-bond donors (Lipinski definition) is 6. The van der Waals surface area contributed by atoms with E-state index in [2.05, 4.69) is 43.0 Å². The van der Waals surface area contributed by atoms with Crippen LogP contribution in [0.25, 0.3) is 15.4 Å². The summed E-state index contributed by atoms with van der Waals surface area (Å²) >= 11 is 3.15. The Morgan fingerprint density at radius 1 is 0.890 bits per heavy atom. The third-order valence-electron chi connectivity index (χ3n) is 14.2. The Morgan fingerprint density at radius 3 is 2.29 bits per heavy atom. The van der Waals surface area contributed by atoms with E-state index >= 15 is 0 Å². The number of aromatic nitrogens is 4. The number of anilines is 1. The van der Waals surface area contributed by atoms with Crippen LogP contribution in [0.2, 0.25) is 0 Å². The third-order valence-corrected chi connectivity index (χ3v) is 17.1. The van der Waals surface area contributed by atoms with Crippen LogP contribution in [-0.4, -0.2) is 136 Å². The van der Waals surface area contributed by atoms with Crippen LogP contribution in [0.5, 0.6) is 0 Å². The normalized spacial score (nSPS) is 16.3. The number of ether oxygens (including phenoxy) is 2. The Morgan fingerprint density at radius 2 is 1.60 bits per heavy atom. The summed E-state index contributed by atoms with van der Waals surface area (Å²) in [6, 6.07) is 18.6. The molecule has 1 unspecified atom stereocenters. The van der Waals surface area contributed by atoms with E-state index < -0.39 is 57.3 Å². The van der Waals surface area contributed by atoms with E-state index in [1.54, 1.807) is 22.7 Å². The van der Waals surface area contributed by atoms with E-state index in [0.717, 1.165) is 65.0 Å². The monoisotopic (exact) mass is 1170 g/mol. The molecule has 434 valence electrons. The largest absolute Gasteiger partial charge is 0.399 e. The van der Waals surface area contributed by atoms with Gasteiger partial charge in [0.1, 0.15) is 35.6 Å². The Hall–Kier alpha value is -7.17. The molecule has 82 heavy (non-hydrogen) atoms. The van der Waals surface area contributed by atoms with Crippen molar-refractivity contribution in [3.8, 4) is 27.3 Å². The lowest BCUT2D eigenvalue weighted by Crippen LogP contribution is -2.57. The van der Waals surface area contributed by atoms with Crippen molar-refractivity contribution in [2.24, 2.45) is 10.4 Å². The highest BCUT2D eigenvalue weighted by molar-refractivity contribution is 7.85. The number of likely N-dealkylation sites (tertiary alicyclic amines) is 1. The average molecular weight is 1180 g/mol. The maximum absolute atomic E-state index is 14.2. The van der Waals surface area contributed by atoms with Crippen LogP contribution in [0.4, 0.5) is 5.69 Å². The number of thiophene rings is 1. The first kappa shape index (κ1) is 60.9. The van der Waals surface area contributed by atoms with Crippen molar-refractivity contribution >= 4 is 67.8 Å². The average Bonchev–Trinajstić information content (AvgIpc) is 4.23. The number of hydrogen-bond acceptors (Lipinski definition) is 16. The number of nitrogens with two attached hydrogens (primary N) is 1. The molecule has 1 fully saturated rings. The van der Waals surface area contributed by atoms with Crippen molar-refractivity contribution in [2.75, 3.05) is 51.0 Å². The molecule has 4 amide bonds. The molecule has 7 N–H and O–H groups in total. The zero-order valence-electron chi connectivity index (χ0n) is 47.1. The standard InChI is InChI=1S/C59H70N10O10S3/c1-35-37(3)81-58-51(35)52(64-47(55-67-66-38(4)69(55)58)31-50(72)61-21-26-82(75,76)77)43-15-10-39(11-16-43)9-8-22-78-24-25-79-23-20-42-27-41(28-45(60)29-42)14-19-49(71)65-54(59(5,6)7)57(74)68-33-46(70)30-48(68)56(73)62-32-40-12-17-44(18-13-40)53-36(2)63-34-80-53/h10-13,15-18,27-29,34,46-48,54,70H,14,19-26,30-33,60H2,1-7H3,(H,61,72)(H,62,73)(H,65,71)(H,75,76,77)/t46-,47?,48+,54-/m1/s1. The fourth-order valence-corrected chi connectivity index (χ4v) is 12.2. The number of nitrogens with zero attached hydrogens (tertiary/aromatic N) is 6. The van der Waals surface area contributed by atoms with Crippen LogP contribution >= 0.6 is 22.7 Å². The topological polar surface area (TPSA) is 283 Å².